The first-order chi connectivity index (χ1) is 8.40. The molecule has 0 aromatic carbocycles. The molecule has 2 aromatic heterocycles. The fourth-order valence-electron chi connectivity index (χ4n) is 2.47. The van der Waals surface area contributed by atoms with E-state index >= 15 is 0 Å². The Hall–Kier alpha value is -1.20. The second kappa shape index (κ2) is 4.58. The minimum atomic E-state index is 0.570. The average molecular weight is 248 g/mol. The van der Waals surface area contributed by atoms with Crippen LogP contribution in [0.1, 0.15) is 13.3 Å². The first kappa shape index (κ1) is 10.9. The minimum Gasteiger partial charge on any atom is -0.351 e. The Balaban J connectivity index is 2.02. The Bertz CT molecular complexity index is 504. The molecule has 4 nitrogen and oxygen atoms in total. The second-order valence-electron chi connectivity index (χ2n) is 4.26. The molecular weight excluding hydrogens is 232 g/mol. The summed E-state index contributed by atoms with van der Waals surface area (Å²) in [6.45, 7) is 5.36. The summed E-state index contributed by atoms with van der Waals surface area (Å²) >= 11 is 1.73. The number of hydrogen-bond donors (Lipinski definition) is 1. The highest BCUT2D eigenvalue weighted by molar-refractivity contribution is 7.17. The van der Waals surface area contributed by atoms with Crippen molar-refractivity contribution >= 4 is 27.4 Å². The topological polar surface area (TPSA) is 41.1 Å². The maximum absolute atomic E-state index is 4.49. The minimum absolute atomic E-state index is 0.570. The molecular formula is C12H16N4S. The normalized spacial score (nSPS) is 19.9. The van der Waals surface area contributed by atoms with Gasteiger partial charge in [-0.1, -0.05) is 0 Å². The van der Waals surface area contributed by atoms with Gasteiger partial charge in [0.1, 0.15) is 12.1 Å². The van der Waals surface area contributed by atoms with Gasteiger partial charge in [0, 0.05) is 19.1 Å². The highest BCUT2D eigenvalue weighted by Crippen LogP contribution is 2.29. The Morgan fingerprint density at radius 3 is 3.24 bits per heavy atom. The third kappa shape index (κ3) is 1.89. The monoisotopic (exact) mass is 248 g/mol. The first-order valence-corrected chi connectivity index (χ1v) is 6.93. The molecule has 0 amide bonds. The summed E-state index contributed by atoms with van der Waals surface area (Å²) < 4.78 is 1.21. The molecule has 90 valence electrons. The average Bonchev–Trinajstić information content (AvgIpc) is 3.00. The van der Waals surface area contributed by atoms with E-state index in [4.69, 9.17) is 0 Å². The van der Waals surface area contributed by atoms with Crippen molar-refractivity contribution in [3.63, 3.8) is 0 Å². The molecule has 3 heterocycles. The molecule has 1 unspecified atom stereocenters. The molecule has 1 fully saturated rings. The van der Waals surface area contributed by atoms with Crippen LogP contribution in [0.4, 0.5) is 5.82 Å². The molecule has 0 aliphatic carbocycles. The molecule has 2 aromatic rings. The smallest absolute Gasteiger partial charge is 0.150 e. The van der Waals surface area contributed by atoms with Crippen molar-refractivity contribution in [2.24, 2.45) is 0 Å². The van der Waals surface area contributed by atoms with E-state index in [1.54, 1.807) is 17.7 Å². The molecule has 0 bridgehead atoms. The van der Waals surface area contributed by atoms with Crippen molar-refractivity contribution < 1.29 is 0 Å². The highest BCUT2D eigenvalue weighted by atomic mass is 32.1. The third-order valence-electron chi connectivity index (χ3n) is 3.31. The standard InChI is InChI=1S/C12H16N4S/c1-2-16(9-3-5-13-7-9)12-11-10(4-6-17-11)14-8-15-12/h4,6,8-9,13H,2-3,5,7H2,1H3. The molecule has 3 rings (SSSR count). The van der Waals surface area contributed by atoms with Crippen LogP contribution >= 0.6 is 11.3 Å². The van der Waals surface area contributed by atoms with E-state index in [-0.39, 0.29) is 0 Å². The Kier molecular flexibility index (Phi) is 2.94. The largest absolute Gasteiger partial charge is 0.351 e. The van der Waals surface area contributed by atoms with Crippen molar-refractivity contribution in [1.82, 2.24) is 15.3 Å². The van der Waals surface area contributed by atoms with Crippen LogP contribution < -0.4 is 10.2 Å². The van der Waals surface area contributed by atoms with Crippen LogP contribution in [0.2, 0.25) is 0 Å². The molecule has 1 atom stereocenters. The van der Waals surface area contributed by atoms with E-state index in [2.05, 4.69) is 38.6 Å². The van der Waals surface area contributed by atoms with Crippen LogP contribution in [0.5, 0.6) is 0 Å². The lowest BCUT2D eigenvalue weighted by Crippen LogP contribution is -2.37. The van der Waals surface area contributed by atoms with Crippen LogP contribution in [0.25, 0.3) is 10.2 Å². The summed E-state index contributed by atoms with van der Waals surface area (Å²) in [6.07, 6.45) is 2.88. The summed E-state index contributed by atoms with van der Waals surface area (Å²) in [5, 5.41) is 5.50. The van der Waals surface area contributed by atoms with E-state index in [1.165, 1.54) is 11.1 Å². The molecule has 0 saturated carbocycles. The van der Waals surface area contributed by atoms with Crippen molar-refractivity contribution in [3.8, 4) is 0 Å². The third-order valence-corrected chi connectivity index (χ3v) is 4.21. The van der Waals surface area contributed by atoms with Crippen molar-refractivity contribution in [3.05, 3.63) is 17.8 Å². The van der Waals surface area contributed by atoms with Crippen molar-refractivity contribution in [2.75, 3.05) is 24.5 Å². The molecule has 0 radical (unpaired) electrons. The molecule has 0 spiro atoms. The number of likely N-dealkylation sites (N-methyl/N-ethyl adjacent to an activating group) is 1. The zero-order valence-electron chi connectivity index (χ0n) is 9.89. The summed E-state index contributed by atoms with van der Waals surface area (Å²) in [5.41, 5.74) is 1.06. The molecule has 5 heteroatoms. The van der Waals surface area contributed by atoms with Crippen LogP contribution in [0.15, 0.2) is 17.8 Å². The van der Waals surface area contributed by atoms with E-state index in [1.807, 2.05) is 0 Å². The van der Waals surface area contributed by atoms with E-state index in [0.29, 0.717) is 6.04 Å². The predicted octanol–water partition coefficient (Wildman–Crippen LogP) is 1.88. The maximum atomic E-state index is 4.49. The number of hydrogen-bond acceptors (Lipinski definition) is 5. The molecule has 17 heavy (non-hydrogen) atoms. The number of nitrogens with zero attached hydrogens (tertiary/aromatic N) is 3. The Morgan fingerprint density at radius 1 is 1.53 bits per heavy atom. The van der Waals surface area contributed by atoms with Crippen LogP contribution in [-0.2, 0) is 0 Å². The number of thiophene rings is 1. The first-order valence-electron chi connectivity index (χ1n) is 6.05. The van der Waals surface area contributed by atoms with Gasteiger partial charge in [-0.25, -0.2) is 9.97 Å². The number of rotatable bonds is 3. The summed E-state index contributed by atoms with van der Waals surface area (Å²) in [7, 11) is 0. The number of nitrogens with one attached hydrogen (secondary N) is 1. The predicted molar refractivity (Wildman–Crippen MR) is 71.7 cm³/mol. The van der Waals surface area contributed by atoms with Gasteiger partial charge in [0.2, 0.25) is 0 Å². The fourth-order valence-corrected chi connectivity index (χ4v) is 3.32. The van der Waals surface area contributed by atoms with Gasteiger partial charge in [0.05, 0.1) is 10.2 Å². The SMILES string of the molecule is CCN(c1ncnc2ccsc12)C1CCNC1. The zero-order valence-corrected chi connectivity index (χ0v) is 10.7. The van der Waals surface area contributed by atoms with E-state index < -0.39 is 0 Å². The van der Waals surface area contributed by atoms with Gasteiger partial charge < -0.3 is 10.2 Å². The van der Waals surface area contributed by atoms with Crippen molar-refractivity contribution in [1.29, 1.82) is 0 Å². The lowest BCUT2D eigenvalue weighted by Gasteiger charge is -2.28. The van der Waals surface area contributed by atoms with Crippen LogP contribution in [0.3, 0.4) is 0 Å². The van der Waals surface area contributed by atoms with Gasteiger partial charge in [0.25, 0.3) is 0 Å². The number of fused-ring (bicyclic) bond motifs is 1. The molecule has 1 saturated heterocycles. The van der Waals surface area contributed by atoms with Gasteiger partial charge >= 0.3 is 0 Å². The molecule has 1 aliphatic rings. The summed E-state index contributed by atoms with van der Waals surface area (Å²) in [4.78, 5) is 11.2. The zero-order chi connectivity index (χ0) is 11.7. The Morgan fingerprint density at radius 2 is 2.47 bits per heavy atom. The number of aromatic nitrogens is 2. The molecule has 1 aliphatic heterocycles. The quantitative estimate of drug-likeness (QED) is 0.900. The van der Waals surface area contributed by atoms with E-state index in [9.17, 15) is 0 Å². The number of anilines is 1. The molecule has 1 N–H and O–H groups in total. The lowest BCUT2D eigenvalue weighted by atomic mass is 10.2. The van der Waals surface area contributed by atoms with Gasteiger partial charge in [-0.2, -0.15) is 0 Å². The summed E-state index contributed by atoms with van der Waals surface area (Å²) in [6, 6.07) is 2.63. The van der Waals surface area contributed by atoms with E-state index in [0.717, 1.165) is 31.0 Å². The fraction of sp³-hybridized carbons (Fsp3) is 0.500. The second-order valence-corrected chi connectivity index (χ2v) is 5.18. The van der Waals surface area contributed by atoms with Crippen LogP contribution in [0, 0.1) is 0 Å². The van der Waals surface area contributed by atoms with Gasteiger partial charge in [-0.15, -0.1) is 11.3 Å². The Labute approximate surface area is 105 Å². The summed E-state index contributed by atoms with van der Waals surface area (Å²) in [5.74, 6) is 1.10. The van der Waals surface area contributed by atoms with Crippen molar-refractivity contribution in [2.45, 2.75) is 19.4 Å². The lowest BCUT2D eigenvalue weighted by molar-refractivity contribution is 0.642. The highest BCUT2D eigenvalue weighted by Gasteiger charge is 2.23. The van der Waals surface area contributed by atoms with Crippen LogP contribution in [-0.4, -0.2) is 35.6 Å². The van der Waals surface area contributed by atoms with Gasteiger partial charge in [-0.05, 0) is 31.3 Å². The van der Waals surface area contributed by atoms with Gasteiger partial charge in [-0.3, -0.25) is 0 Å². The maximum Gasteiger partial charge on any atom is 0.150 e. The van der Waals surface area contributed by atoms with Gasteiger partial charge in [0.15, 0.2) is 0 Å².